The van der Waals surface area contributed by atoms with E-state index in [-0.39, 0.29) is 88.7 Å². The first-order chi connectivity index (χ1) is 1.41. The second-order valence-electron chi connectivity index (χ2n) is 0.141. The number of rotatable bonds is 0. The van der Waals surface area contributed by atoms with Crippen molar-refractivity contribution in [3.05, 3.63) is 0 Å². The molecule has 2 N–H and O–H groups in total. The van der Waals surface area contributed by atoms with Crippen molar-refractivity contribution in [3.63, 3.8) is 0 Å². The second-order valence-corrected chi connectivity index (χ2v) is 0.141. The molecule has 0 saturated heterocycles. The van der Waals surface area contributed by atoms with Gasteiger partial charge in [-0.1, -0.05) is 0 Å². The molecule has 0 aliphatic carbocycles. The summed E-state index contributed by atoms with van der Waals surface area (Å²) in [6.07, 6.45) is 0. The Bertz CT molecular complexity index is 8.75. The van der Waals surface area contributed by atoms with Crippen LogP contribution in [0, 0.1) is 0 Å². The molecule has 0 aromatic carbocycles. The van der Waals surface area contributed by atoms with E-state index in [2.05, 4.69) is 0 Å². The Kier molecular flexibility index (Phi) is 94.3. The minimum absolute atomic E-state index is 0. The Morgan fingerprint density at radius 1 is 0.833 bits per heavy atom. The van der Waals surface area contributed by atoms with E-state index < -0.39 is 7.69 Å². The van der Waals surface area contributed by atoms with Crippen LogP contribution in [0.15, 0.2) is 0 Å². The van der Waals surface area contributed by atoms with Gasteiger partial charge < -0.3 is 10.0 Å². The van der Waals surface area contributed by atoms with Gasteiger partial charge in [-0.15, -0.1) is 0 Å². The molecular formula is H6BNa3O2. The SMILES string of the molecule is OBO.[NaH].[NaH].[NaH]. The predicted molar refractivity (Wildman–Crippen MR) is 33.0 cm³/mol. The molecule has 0 amide bonds. The summed E-state index contributed by atoms with van der Waals surface area (Å²) in [6, 6.07) is 0. The van der Waals surface area contributed by atoms with Gasteiger partial charge in [0.15, 0.2) is 0 Å². The van der Waals surface area contributed by atoms with Crippen LogP contribution in [-0.4, -0.2) is 106 Å². The van der Waals surface area contributed by atoms with E-state index in [0.29, 0.717) is 0 Å². The van der Waals surface area contributed by atoms with Gasteiger partial charge >= 0.3 is 96.4 Å². The van der Waals surface area contributed by atoms with Crippen LogP contribution in [0.5, 0.6) is 0 Å². The molecular weight excluding hydrogens is 112 g/mol. The third-order valence-electron chi connectivity index (χ3n) is 0. The second kappa shape index (κ2) is 24.5. The van der Waals surface area contributed by atoms with E-state index in [1.54, 1.807) is 0 Å². The monoisotopic (exact) mass is 118 g/mol. The molecule has 6 heteroatoms. The van der Waals surface area contributed by atoms with Gasteiger partial charge in [0.1, 0.15) is 0 Å². The van der Waals surface area contributed by atoms with Crippen LogP contribution in [0.25, 0.3) is 0 Å². The van der Waals surface area contributed by atoms with E-state index >= 15 is 0 Å². The van der Waals surface area contributed by atoms with Gasteiger partial charge in [-0.3, -0.25) is 0 Å². The van der Waals surface area contributed by atoms with E-state index in [9.17, 15) is 0 Å². The van der Waals surface area contributed by atoms with Crippen LogP contribution in [0.2, 0.25) is 0 Å². The third-order valence-corrected chi connectivity index (χ3v) is 0. The van der Waals surface area contributed by atoms with Gasteiger partial charge in [0.2, 0.25) is 0 Å². The molecule has 0 rings (SSSR count). The first-order valence-electron chi connectivity index (χ1n) is 0.632. The summed E-state index contributed by atoms with van der Waals surface area (Å²) in [5, 5.41) is 14.2. The first kappa shape index (κ1) is 23.1. The van der Waals surface area contributed by atoms with Gasteiger partial charge in [0.05, 0.1) is 0 Å². The summed E-state index contributed by atoms with van der Waals surface area (Å²) in [5.74, 6) is 0. The molecule has 0 heterocycles. The molecule has 0 atom stereocenters. The Morgan fingerprint density at radius 3 is 0.833 bits per heavy atom. The molecule has 0 fully saturated rings. The molecule has 0 aliphatic heterocycles. The molecule has 0 spiro atoms. The van der Waals surface area contributed by atoms with Crippen LogP contribution in [0.4, 0.5) is 0 Å². The average molecular weight is 118 g/mol. The molecule has 0 unspecified atom stereocenters. The van der Waals surface area contributed by atoms with Crippen LogP contribution in [0.1, 0.15) is 0 Å². The maximum atomic E-state index is 7.12. The van der Waals surface area contributed by atoms with Crippen molar-refractivity contribution in [3.8, 4) is 0 Å². The van der Waals surface area contributed by atoms with Gasteiger partial charge in [-0.25, -0.2) is 0 Å². The van der Waals surface area contributed by atoms with Crippen molar-refractivity contribution in [1.82, 2.24) is 0 Å². The van der Waals surface area contributed by atoms with Gasteiger partial charge in [0, 0.05) is 0 Å². The van der Waals surface area contributed by atoms with Crippen LogP contribution < -0.4 is 0 Å². The Hall–Kier alpha value is 2.98. The molecule has 0 saturated carbocycles. The van der Waals surface area contributed by atoms with Crippen LogP contribution in [0.3, 0.4) is 0 Å². The van der Waals surface area contributed by atoms with E-state index in [0.717, 1.165) is 0 Å². The first-order valence-corrected chi connectivity index (χ1v) is 0.632. The Balaban J connectivity index is -0.00000000667. The Labute approximate surface area is 104 Å². The zero-order valence-corrected chi connectivity index (χ0v) is 1.60. The van der Waals surface area contributed by atoms with E-state index in [1.165, 1.54) is 0 Å². The summed E-state index contributed by atoms with van der Waals surface area (Å²) in [6.45, 7) is 0. The molecule has 0 aromatic heterocycles. The van der Waals surface area contributed by atoms with Crippen LogP contribution >= 0.6 is 0 Å². The van der Waals surface area contributed by atoms with Crippen molar-refractivity contribution in [1.29, 1.82) is 0 Å². The molecule has 24 valence electrons. The average Bonchev–Trinajstić information content (AvgIpc) is 0.918. The third kappa shape index (κ3) is 28.1. The minimum atomic E-state index is -0.750. The van der Waals surface area contributed by atoms with E-state index in [1.807, 2.05) is 0 Å². The summed E-state index contributed by atoms with van der Waals surface area (Å²) >= 11 is 0. The molecule has 0 aromatic rings. The summed E-state index contributed by atoms with van der Waals surface area (Å²) in [7, 11) is -0.750. The molecule has 0 radical (unpaired) electrons. The standard InChI is InChI=1S/BH3O2.3Na.3H/c2-1-3;;;;;;/h1-3H;;;;;;. The molecule has 0 bridgehead atoms. The predicted octanol–water partition coefficient (Wildman–Crippen LogP) is -3.71. The molecule has 6 heavy (non-hydrogen) atoms. The van der Waals surface area contributed by atoms with Gasteiger partial charge in [0.25, 0.3) is 0 Å². The number of hydrogen-bond acceptors (Lipinski definition) is 2. The van der Waals surface area contributed by atoms with Crippen molar-refractivity contribution >= 4 is 96.4 Å². The Morgan fingerprint density at radius 2 is 0.833 bits per heavy atom. The number of hydrogen-bond donors (Lipinski definition) is 2. The fourth-order valence-corrected chi connectivity index (χ4v) is 0. The normalized spacial score (nSPS) is 2.33. The van der Waals surface area contributed by atoms with E-state index in [4.69, 9.17) is 10.0 Å². The van der Waals surface area contributed by atoms with Gasteiger partial charge in [-0.2, -0.15) is 0 Å². The topological polar surface area (TPSA) is 40.5 Å². The van der Waals surface area contributed by atoms with Gasteiger partial charge in [-0.05, 0) is 0 Å². The molecule has 0 aliphatic rings. The molecule has 2 nitrogen and oxygen atoms in total. The fourth-order valence-electron chi connectivity index (χ4n) is 0. The summed E-state index contributed by atoms with van der Waals surface area (Å²) < 4.78 is 0. The van der Waals surface area contributed by atoms with Crippen molar-refractivity contribution in [2.24, 2.45) is 0 Å². The summed E-state index contributed by atoms with van der Waals surface area (Å²) in [4.78, 5) is 0. The maximum absolute atomic E-state index is 7.12. The van der Waals surface area contributed by atoms with Crippen molar-refractivity contribution in [2.45, 2.75) is 0 Å². The van der Waals surface area contributed by atoms with Crippen LogP contribution in [-0.2, 0) is 0 Å². The zero-order valence-electron chi connectivity index (χ0n) is 1.60. The quantitative estimate of drug-likeness (QED) is 0.321. The summed E-state index contributed by atoms with van der Waals surface area (Å²) in [5.41, 5.74) is 0. The van der Waals surface area contributed by atoms with Crippen molar-refractivity contribution < 1.29 is 10.0 Å². The fraction of sp³-hybridized carbons (Fsp3) is 0. The van der Waals surface area contributed by atoms with Crippen molar-refractivity contribution in [2.75, 3.05) is 0 Å². The zero-order chi connectivity index (χ0) is 2.71.